The monoisotopic (exact) mass is 271 g/mol. The second kappa shape index (κ2) is 4.42. The van der Waals surface area contributed by atoms with Crippen LogP contribution >= 0.6 is 0 Å². The average Bonchev–Trinajstić information content (AvgIpc) is 2.83. The molecular formula is C9H13N5O3S. The molecule has 2 aromatic heterocycles. The third-order valence-electron chi connectivity index (χ3n) is 2.43. The first kappa shape index (κ1) is 12.6. The minimum Gasteiger partial charge on any atom is -0.301 e. The summed E-state index contributed by atoms with van der Waals surface area (Å²) >= 11 is 0. The summed E-state index contributed by atoms with van der Waals surface area (Å²) in [4.78, 5) is 11.0. The van der Waals surface area contributed by atoms with Gasteiger partial charge in [0.1, 0.15) is 4.90 Å². The van der Waals surface area contributed by atoms with Gasteiger partial charge in [0.15, 0.2) is 0 Å². The zero-order valence-corrected chi connectivity index (χ0v) is 10.7. The summed E-state index contributed by atoms with van der Waals surface area (Å²) in [6, 6.07) is 1.29. The molecule has 98 valence electrons. The molecule has 0 aromatic carbocycles. The summed E-state index contributed by atoms with van der Waals surface area (Å²) in [5.74, 6) is 0. The van der Waals surface area contributed by atoms with Crippen LogP contribution in [-0.4, -0.2) is 28.8 Å². The molecule has 0 unspecified atom stereocenters. The quantitative estimate of drug-likeness (QED) is 0.599. The number of nitrogens with zero attached hydrogens (tertiary/aromatic N) is 1. The molecule has 0 fully saturated rings. The summed E-state index contributed by atoms with van der Waals surface area (Å²) < 4.78 is 26.5. The van der Waals surface area contributed by atoms with Crippen LogP contribution in [0.4, 0.5) is 0 Å². The highest BCUT2D eigenvalue weighted by Gasteiger charge is 2.21. The van der Waals surface area contributed by atoms with Crippen molar-refractivity contribution in [3.8, 4) is 0 Å². The molecule has 2 heterocycles. The molecule has 9 heteroatoms. The number of rotatable bonds is 4. The summed E-state index contributed by atoms with van der Waals surface area (Å²) in [6.07, 6.45) is 0. The largest absolute Gasteiger partial charge is 0.301 e. The molecule has 0 aliphatic carbocycles. The number of H-pyrrole nitrogens is 3. The Hall–Kier alpha value is -1.87. The molecule has 0 saturated heterocycles. The van der Waals surface area contributed by atoms with Crippen LogP contribution in [0.25, 0.3) is 0 Å². The minimum absolute atomic E-state index is 0.00509. The van der Waals surface area contributed by atoms with E-state index < -0.39 is 10.0 Å². The Morgan fingerprint density at radius 2 is 2.06 bits per heavy atom. The first-order valence-electron chi connectivity index (χ1n) is 5.18. The van der Waals surface area contributed by atoms with Crippen molar-refractivity contribution in [2.24, 2.45) is 0 Å². The normalized spacial score (nSPS) is 11.9. The van der Waals surface area contributed by atoms with Gasteiger partial charge in [-0.3, -0.25) is 15.0 Å². The molecule has 0 aliphatic heterocycles. The Bertz CT molecular complexity index is 689. The van der Waals surface area contributed by atoms with Gasteiger partial charge in [-0.15, -0.1) is 0 Å². The first-order chi connectivity index (χ1) is 8.40. The standard InChI is InChI=1S/C9H13N5O3S/c1-5-9(6(2)12-11-5)18(16,17)10-4-7-3-8(15)14-13-7/h3,10H,4H2,1-2H3,(H,11,12)(H2,13,14,15). The van der Waals surface area contributed by atoms with Gasteiger partial charge in [0.05, 0.1) is 23.6 Å². The lowest BCUT2D eigenvalue weighted by molar-refractivity contribution is 0.579. The number of aromatic amines is 3. The van der Waals surface area contributed by atoms with Crippen LogP contribution in [0.2, 0.25) is 0 Å². The van der Waals surface area contributed by atoms with Crippen molar-refractivity contribution >= 4 is 10.0 Å². The Balaban J connectivity index is 2.20. The van der Waals surface area contributed by atoms with Crippen LogP contribution in [0.15, 0.2) is 15.8 Å². The maximum Gasteiger partial charge on any atom is 0.264 e. The summed E-state index contributed by atoms with van der Waals surface area (Å²) in [7, 11) is -3.65. The Labute approximate surface area is 103 Å². The van der Waals surface area contributed by atoms with Gasteiger partial charge in [0, 0.05) is 6.07 Å². The summed E-state index contributed by atoms with van der Waals surface area (Å²) in [5, 5.41) is 11.3. The molecule has 8 nitrogen and oxygen atoms in total. The predicted molar refractivity (Wildman–Crippen MR) is 63.5 cm³/mol. The molecule has 4 N–H and O–H groups in total. The van der Waals surface area contributed by atoms with Gasteiger partial charge in [0.25, 0.3) is 5.56 Å². The minimum atomic E-state index is -3.65. The van der Waals surface area contributed by atoms with Crippen molar-refractivity contribution in [1.82, 2.24) is 25.1 Å². The predicted octanol–water partition coefficient (Wildman–Crippen LogP) is -0.479. The van der Waals surface area contributed by atoms with Crippen LogP contribution in [-0.2, 0) is 16.6 Å². The Morgan fingerprint density at radius 1 is 1.33 bits per heavy atom. The Morgan fingerprint density at radius 3 is 2.56 bits per heavy atom. The number of nitrogens with one attached hydrogen (secondary N) is 4. The van der Waals surface area contributed by atoms with E-state index in [0.29, 0.717) is 17.1 Å². The lowest BCUT2D eigenvalue weighted by Crippen LogP contribution is -2.24. The van der Waals surface area contributed by atoms with E-state index in [9.17, 15) is 13.2 Å². The van der Waals surface area contributed by atoms with E-state index in [2.05, 4.69) is 25.1 Å². The van der Waals surface area contributed by atoms with E-state index in [4.69, 9.17) is 0 Å². The Kier molecular flexibility index (Phi) is 3.09. The van der Waals surface area contributed by atoms with Crippen molar-refractivity contribution in [3.63, 3.8) is 0 Å². The van der Waals surface area contributed by atoms with Crippen LogP contribution in [0, 0.1) is 13.8 Å². The maximum atomic E-state index is 12.0. The van der Waals surface area contributed by atoms with Gasteiger partial charge in [-0.25, -0.2) is 13.1 Å². The topological polar surface area (TPSA) is 123 Å². The molecule has 0 amide bonds. The highest BCUT2D eigenvalue weighted by molar-refractivity contribution is 7.89. The number of hydrogen-bond acceptors (Lipinski definition) is 4. The van der Waals surface area contributed by atoms with Crippen LogP contribution in [0.3, 0.4) is 0 Å². The maximum absolute atomic E-state index is 12.0. The third-order valence-corrected chi connectivity index (χ3v) is 4.10. The highest BCUT2D eigenvalue weighted by atomic mass is 32.2. The molecule has 2 aromatic rings. The zero-order chi connectivity index (χ0) is 13.3. The van der Waals surface area contributed by atoms with E-state index in [-0.39, 0.29) is 17.0 Å². The fourth-order valence-electron chi connectivity index (χ4n) is 1.65. The molecule has 0 spiro atoms. The average molecular weight is 271 g/mol. The number of hydrogen-bond donors (Lipinski definition) is 4. The van der Waals surface area contributed by atoms with Gasteiger partial charge < -0.3 is 5.10 Å². The molecule has 0 saturated carbocycles. The van der Waals surface area contributed by atoms with E-state index in [1.165, 1.54) is 6.07 Å². The highest BCUT2D eigenvalue weighted by Crippen LogP contribution is 2.16. The third kappa shape index (κ3) is 2.36. The first-order valence-corrected chi connectivity index (χ1v) is 6.66. The lowest BCUT2D eigenvalue weighted by Gasteiger charge is -2.05. The van der Waals surface area contributed by atoms with Gasteiger partial charge >= 0.3 is 0 Å². The van der Waals surface area contributed by atoms with Crippen molar-refractivity contribution in [1.29, 1.82) is 0 Å². The van der Waals surface area contributed by atoms with Crippen molar-refractivity contribution in [2.75, 3.05) is 0 Å². The summed E-state index contributed by atoms with van der Waals surface area (Å²) in [6.45, 7) is 3.24. The molecular weight excluding hydrogens is 258 g/mol. The van der Waals surface area contributed by atoms with Gasteiger partial charge in [0.2, 0.25) is 10.0 Å². The van der Waals surface area contributed by atoms with Gasteiger partial charge in [-0.1, -0.05) is 0 Å². The zero-order valence-electron chi connectivity index (χ0n) is 9.86. The molecule has 18 heavy (non-hydrogen) atoms. The van der Waals surface area contributed by atoms with Gasteiger partial charge in [-0.05, 0) is 13.8 Å². The molecule has 2 rings (SSSR count). The molecule has 0 atom stereocenters. The van der Waals surface area contributed by atoms with E-state index in [0.717, 1.165) is 0 Å². The second-order valence-corrected chi connectivity index (χ2v) is 5.58. The molecule has 0 aliphatic rings. The van der Waals surface area contributed by atoms with E-state index >= 15 is 0 Å². The number of aryl methyl sites for hydroxylation is 2. The number of aromatic nitrogens is 4. The smallest absolute Gasteiger partial charge is 0.264 e. The van der Waals surface area contributed by atoms with Crippen LogP contribution in [0.1, 0.15) is 17.1 Å². The van der Waals surface area contributed by atoms with Gasteiger partial charge in [-0.2, -0.15) is 5.10 Å². The van der Waals surface area contributed by atoms with Crippen molar-refractivity contribution in [2.45, 2.75) is 25.3 Å². The van der Waals surface area contributed by atoms with Crippen molar-refractivity contribution in [3.05, 3.63) is 33.5 Å². The van der Waals surface area contributed by atoms with E-state index in [1.807, 2.05) is 0 Å². The lowest BCUT2D eigenvalue weighted by atomic mass is 10.4. The van der Waals surface area contributed by atoms with Crippen LogP contribution < -0.4 is 10.3 Å². The molecule has 0 bridgehead atoms. The fraction of sp³-hybridized carbons (Fsp3) is 0.333. The fourth-order valence-corrected chi connectivity index (χ4v) is 3.02. The number of sulfonamides is 1. The summed E-state index contributed by atoms with van der Waals surface area (Å²) in [5.41, 5.74) is 1.03. The second-order valence-electron chi connectivity index (χ2n) is 3.87. The SMILES string of the molecule is Cc1n[nH]c(C)c1S(=O)(=O)NCc1cc(=O)[nH][nH]1. The van der Waals surface area contributed by atoms with Crippen molar-refractivity contribution < 1.29 is 8.42 Å². The van der Waals surface area contributed by atoms with E-state index in [1.54, 1.807) is 13.8 Å². The molecule has 0 radical (unpaired) electrons. The van der Waals surface area contributed by atoms with Crippen LogP contribution in [0.5, 0.6) is 0 Å².